The lowest BCUT2D eigenvalue weighted by molar-refractivity contribution is 0.171. The zero-order valence-corrected chi connectivity index (χ0v) is 10.7. The standard InChI is InChI=1S/C11H23N.C2H6/c1-4-9-6-5-7-10(8(2)3)11(9)12;1-2/h8-11H,4-7,12H2,1-3H3;1-2H3. The second kappa shape index (κ2) is 7.28. The molecule has 0 aromatic rings. The molecule has 0 aromatic carbocycles. The van der Waals surface area contributed by atoms with Gasteiger partial charge >= 0.3 is 0 Å². The number of rotatable bonds is 2. The molecule has 0 saturated heterocycles. The van der Waals surface area contributed by atoms with E-state index in [0.717, 1.165) is 17.8 Å². The zero-order chi connectivity index (χ0) is 11.1. The third-order valence-corrected chi connectivity index (χ3v) is 3.53. The first-order valence-corrected chi connectivity index (χ1v) is 6.42. The molecule has 1 saturated carbocycles. The fourth-order valence-electron chi connectivity index (χ4n) is 2.60. The average molecular weight is 199 g/mol. The van der Waals surface area contributed by atoms with Gasteiger partial charge in [0.15, 0.2) is 0 Å². The maximum atomic E-state index is 6.23. The van der Waals surface area contributed by atoms with E-state index in [2.05, 4.69) is 20.8 Å². The molecule has 0 aliphatic heterocycles. The van der Waals surface area contributed by atoms with Crippen molar-refractivity contribution in [3.05, 3.63) is 0 Å². The van der Waals surface area contributed by atoms with Gasteiger partial charge in [-0.3, -0.25) is 0 Å². The minimum absolute atomic E-state index is 0.476. The molecule has 86 valence electrons. The Hall–Kier alpha value is -0.0400. The van der Waals surface area contributed by atoms with Crippen molar-refractivity contribution < 1.29 is 0 Å². The molecule has 0 amide bonds. The van der Waals surface area contributed by atoms with E-state index < -0.39 is 0 Å². The quantitative estimate of drug-likeness (QED) is 0.719. The summed E-state index contributed by atoms with van der Waals surface area (Å²) in [5.41, 5.74) is 6.23. The van der Waals surface area contributed by atoms with Crippen molar-refractivity contribution in [3.8, 4) is 0 Å². The van der Waals surface area contributed by atoms with Gasteiger partial charge in [-0.25, -0.2) is 0 Å². The fraction of sp³-hybridized carbons (Fsp3) is 1.00. The molecule has 0 bridgehead atoms. The van der Waals surface area contributed by atoms with Crippen molar-refractivity contribution in [3.63, 3.8) is 0 Å². The fourth-order valence-corrected chi connectivity index (χ4v) is 2.60. The third-order valence-electron chi connectivity index (χ3n) is 3.53. The van der Waals surface area contributed by atoms with Crippen LogP contribution in [0.2, 0.25) is 0 Å². The van der Waals surface area contributed by atoms with Gasteiger partial charge in [-0.1, -0.05) is 47.5 Å². The molecule has 14 heavy (non-hydrogen) atoms. The molecule has 2 N–H and O–H groups in total. The molecule has 1 nitrogen and oxygen atoms in total. The summed E-state index contributed by atoms with van der Waals surface area (Å²) in [4.78, 5) is 0. The molecule has 1 rings (SSSR count). The van der Waals surface area contributed by atoms with Crippen molar-refractivity contribution in [2.75, 3.05) is 0 Å². The summed E-state index contributed by atoms with van der Waals surface area (Å²) in [5, 5.41) is 0. The van der Waals surface area contributed by atoms with Gasteiger partial charge in [0, 0.05) is 6.04 Å². The second-order valence-corrected chi connectivity index (χ2v) is 4.58. The summed E-state index contributed by atoms with van der Waals surface area (Å²) in [6.45, 7) is 10.9. The van der Waals surface area contributed by atoms with E-state index in [-0.39, 0.29) is 0 Å². The molecule has 1 aliphatic rings. The lowest BCUT2D eigenvalue weighted by atomic mass is 9.72. The monoisotopic (exact) mass is 199 g/mol. The van der Waals surface area contributed by atoms with Gasteiger partial charge in [-0.2, -0.15) is 0 Å². The van der Waals surface area contributed by atoms with Crippen LogP contribution in [0.15, 0.2) is 0 Å². The highest BCUT2D eigenvalue weighted by molar-refractivity contribution is 4.85. The largest absolute Gasteiger partial charge is 0.327 e. The smallest absolute Gasteiger partial charge is 0.00979 e. The zero-order valence-electron chi connectivity index (χ0n) is 10.7. The van der Waals surface area contributed by atoms with Crippen molar-refractivity contribution in [1.82, 2.24) is 0 Å². The number of hydrogen-bond acceptors (Lipinski definition) is 1. The van der Waals surface area contributed by atoms with Crippen LogP contribution in [-0.2, 0) is 0 Å². The molecular weight excluding hydrogens is 170 g/mol. The van der Waals surface area contributed by atoms with Gasteiger partial charge in [-0.15, -0.1) is 0 Å². The Kier molecular flexibility index (Phi) is 7.26. The van der Waals surface area contributed by atoms with E-state index in [9.17, 15) is 0 Å². The highest BCUT2D eigenvalue weighted by atomic mass is 14.7. The average Bonchev–Trinajstić information content (AvgIpc) is 2.21. The third kappa shape index (κ3) is 3.61. The van der Waals surface area contributed by atoms with Crippen LogP contribution in [0, 0.1) is 17.8 Å². The minimum atomic E-state index is 0.476. The first-order valence-electron chi connectivity index (χ1n) is 6.42. The Morgan fingerprint density at radius 1 is 1.21 bits per heavy atom. The molecule has 0 radical (unpaired) electrons. The molecular formula is C13H29N. The molecule has 3 atom stereocenters. The van der Waals surface area contributed by atoms with Crippen LogP contribution in [0.25, 0.3) is 0 Å². The van der Waals surface area contributed by atoms with Crippen LogP contribution < -0.4 is 5.73 Å². The van der Waals surface area contributed by atoms with E-state index in [1.54, 1.807) is 0 Å². The highest BCUT2D eigenvalue weighted by Crippen LogP contribution is 2.34. The second-order valence-electron chi connectivity index (χ2n) is 4.58. The summed E-state index contributed by atoms with van der Waals surface area (Å²) in [7, 11) is 0. The van der Waals surface area contributed by atoms with E-state index in [1.165, 1.54) is 25.7 Å². The topological polar surface area (TPSA) is 26.0 Å². The summed E-state index contributed by atoms with van der Waals surface area (Å²) < 4.78 is 0. The molecule has 1 fully saturated rings. The van der Waals surface area contributed by atoms with Crippen LogP contribution in [0.5, 0.6) is 0 Å². The van der Waals surface area contributed by atoms with E-state index >= 15 is 0 Å². The highest BCUT2D eigenvalue weighted by Gasteiger charge is 2.30. The Morgan fingerprint density at radius 2 is 1.79 bits per heavy atom. The molecule has 1 aliphatic carbocycles. The molecule has 0 aromatic heterocycles. The number of nitrogens with two attached hydrogens (primary N) is 1. The SMILES string of the molecule is CC.CCC1CCCC(C(C)C)C1N. The summed E-state index contributed by atoms with van der Waals surface area (Å²) in [5.74, 6) is 2.35. The molecule has 1 heteroatoms. The minimum Gasteiger partial charge on any atom is -0.327 e. The summed E-state index contributed by atoms with van der Waals surface area (Å²) in [6, 6.07) is 0.476. The van der Waals surface area contributed by atoms with Gasteiger partial charge in [0.2, 0.25) is 0 Å². The lowest BCUT2D eigenvalue weighted by Gasteiger charge is -2.37. The van der Waals surface area contributed by atoms with Gasteiger partial charge < -0.3 is 5.73 Å². The van der Waals surface area contributed by atoms with Crippen LogP contribution in [0.4, 0.5) is 0 Å². The van der Waals surface area contributed by atoms with Crippen LogP contribution >= 0.6 is 0 Å². The van der Waals surface area contributed by atoms with Crippen LogP contribution in [0.3, 0.4) is 0 Å². The Balaban J connectivity index is 0.000000791. The van der Waals surface area contributed by atoms with Crippen molar-refractivity contribution in [2.24, 2.45) is 23.5 Å². The van der Waals surface area contributed by atoms with Gasteiger partial charge in [0.1, 0.15) is 0 Å². The van der Waals surface area contributed by atoms with E-state index in [0.29, 0.717) is 6.04 Å². The van der Waals surface area contributed by atoms with Gasteiger partial charge in [0.05, 0.1) is 0 Å². The normalized spacial score (nSPS) is 32.4. The first kappa shape index (κ1) is 14.0. The predicted molar refractivity (Wildman–Crippen MR) is 65.3 cm³/mol. The summed E-state index contributed by atoms with van der Waals surface area (Å²) in [6.07, 6.45) is 5.38. The molecule has 3 unspecified atom stereocenters. The van der Waals surface area contributed by atoms with Crippen LogP contribution in [-0.4, -0.2) is 6.04 Å². The van der Waals surface area contributed by atoms with E-state index in [1.807, 2.05) is 13.8 Å². The Labute approximate surface area is 90.5 Å². The van der Waals surface area contributed by atoms with Crippen LogP contribution in [0.1, 0.15) is 60.3 Å². The predicted octanol–water partition coefficient (Wildman–Crippen LogP) is 3.82. The lowest BCUT2D eigenvalue weighted by Crippen LogP contribution is -2.42. The van der Waals surface area contributed by atoms with Crippen molar-refractivity contribution in [1.29, 1.82) is 0 Å². The maximum absolute atomic E-state index is 6.23. The number of hydrogen-bond donors (Lipinski definition) is 1. The molecule has 0 spiro atoms. The summed E-state index contributed by atoms with van der Waals surface area (Å²) >= 11 is 0. The van der Waals surface area contributed by atoms with Gasteiger partial charge in [0.25, 0.3) is 0 Å². The van der Waals surface area contributed by atoms with Crippen molar-refractivity contribution in [2.45, 2.75) is 66.3 Å². The first-order chi connectivity index (χ1) is 6.66. The maximum Gasteiger partial charge on any atom is 0.00979 e. The van der Waals surface area contributed by atoms with E-state index in [4.69, 9.17) is 5.73 Å². The van der Waals surface area contributed by atoms with Gasteiger partial charge in [-0.05, 0) is 30.6 Å². The Morgan fingerprint density at radius 3 is 2.21 bits per heavy atom. The Bertz CT molecular complexity index is 131. The molecule has 0 heterocycles. The van der Waals surface area contributed by atoms with Crippen molar-refractivity contribution >= 4 is 0 Å².